The lowest BCUT2D eigenvalue weighted by Gasteiger charge is -2.10. The molecule has 0 saturated heterocycles. The molecule has 0 aliphatic heterocycles. The van der Waals surface area contributed by atoms with E-state index < -0.39 is 18.0 Å². The Bertz CT molecular complexity index is 834. The van der Waals surface area contributed by atoms with Crippen molar-refractivity contribution in [1.29, 1.82) is 0 Å². The fraction of sp³-hybridized carbons (Fsp3) is 0.333. The zero-order chi connectivity index (χ0) is 19.9. The molecule has 146 valence electrons. The molecule has 0 unspecified atom stereocenters. The molecule has 2 aromatic rings. The first-order valence-corrected chi connectivity index (χ1v) is 8.32. The number of aryl methyl sites for hydroxylation is 1. The first-order valence-electron chi connectivity index (χ1n) is 8.32. The lowest BCUT2D eigenvalue weighted by Crippen LogP contribution is -2.22. The van der Waals surface area contributed by atoms with Gasteiger partial charge in [0.25, 0.3) is 5.56 Å². The van der Waals surface area contributed by atoms with Gasteiger partial charge < -0.3 is 20.4 Å². The van der Waals surface area contributed by atoms with Gasteiger partial charge in [-0.25, -0.2) is 0 Å². The van der Waals surface area contributed by atoms with Crippen LogP contribution < -0.4 is 21.3 Å². The first-order chi connectivity index (χ1) is 12.8. The van der Waals surface area contributed by atoms with Crippen LogP contribution in [0.15, 0.2) is 47.4 Å². The van der Waals surface area contributed by atoms with Crippen LogP contribution in [-0.2, 0) is 17.8 Å². The number of benzene rings is 1. The molecule has 0 spiro atoms. The maximum atomic E-state index is 12.3. The predicted molar refractivity (Wildman–Crippen MR) is 94.4 cm³/mol. The molecule has 1 amide bonds. The fourth-order valence-corrected chi connectivity index (χ4v) is 2.44. The van der Waals surface area contributed by atoms with Gasteiger partial charge in [0.15, 0.2) is 0 Å². The average Bonchev–Trinajstić information content (AvgIpc) is 2.55. The molecule has 0 aliphatic carbocycles. The number of nitrogens with two attached hydrogens (primary N) is 1. The van der Waals surface area contributed by atoms with Crippen molar-refractivity contribution in [1.82, 2.24) is 4.57 Å². The monoisotopic (exact) mass is 383 g/mol. The van der Waals surface area contributed by atoms with Crippen LogP contribution in [0.25, 0.3) is 0 Å². The van der Waals surface area contributed by atoms with Crippen molar-refractivity contribution in [3.8, 4) is 5.75 Å². The molecule has 0 aliphatic rings. The van der Waals surface area contributed by atoms with Crippen LogP contribution in [-0.4, -0.2) is 23.4 Å². The van der Waals surface area contributed by atoms with Gasteiger partial charge in [0.1, 0.15) is 5.75 Å². The number of nitrogens with zero attached hydrogens (tertiary/aromatic N) is 1. The quantitative estimate of drug-likeness (QED) is 0.687. The fourth-order valence-electron chi connectivity index (χ4n) is 2.44. The second-order valence-corrected chi connectivity index (χ2v) is 5.86. The third-order valence-electron chi connectivity index (χ3n) is 3.63. The number of ether oxygens (including phenoxy) is 1. The third-order valence-corrected chi connectivity index (χ3v) is 3.63. The van der Waals surface area contributed by atoms with Gasteiger partial charge in [-0.1, -0.05) is 12.1 Å². The molecule has 0 bridgehead atoms. The molecule has 27 heavy (non-hydrogen) atoms. The Labute approximate surface area is 153 Å². The molecule has 3 N–H and O–H groups in total. The minimum atomic E-state index is -4.80. The lowest BCUT2D eigenvalue weighted by atomic mass is 10.1. The van der Waals surface area contributed by atoms with Crippen molar-refractivity contribution in [3.63, 3.8) is 0 Å². The summed E-state index contributed by atoms with van der Waals surface area (Å²) < 4.78 is 42.1. The van der Waals surface area contributed by atoms with Gasteiger partial charge >= 0.3 is 6.36 Å². The summed E-state index contributed by atoms with van der Waals surface area (Å²) in [6, 6.07) is 8.06. The Morgan fingerprint density at radius 3 is 2.63 bits per heavy atom. The van der Waals surface area contributed by atoms with Gasteiger partial charge in [-0.05, 0) is 43.1 Å². The van der Waals surface area contributed by atoms with Gasteiger partial charge in [0.2, 0.25) is 5.91 Å². The molecule has 1 aromatic carbocycles. The van der Waals surface area contributed by atoms with Crippen LogP contribution in [0.2, 0.25) is 0 Å². The minimum absolute atomic E-state index is 0.158. The van der Waals surface area contributed by atoms with Crippen molar-refractivity contribution in [2.75, 3.05) is 11.9 Å². The van der Waals surface area contributed by atoms with Crippen molar-refractivity contribution in [2.24, 2.45) is 5.73 Å². The number of halogens is 3. The molecule has 0 radical (unpaired) electrons. The van der Waals surface area contributed by atoms with Crippen LogP contribution in [0, 0.1) is 0 Å². The highest BCUT2D eigenvalue weighted by Gasteiger charge is 2.31. The maximum absolute atomic E-state index is 12.3. The van der Waals surface area contributed by atoms with Crippen LogP contribution in [0.3, 0.4) is 0 Å². The summed E-state index contributed by atoms with van der Waals surface area (Å²) >= 11 is 0. The number of rotatable bonds is 8. The number of hydrogen-bond donors (Lipinski definition) is 2. The van der Waals surface area contributed by atoms with E-state index in [1.807, 2.05) is 0 Å². The molecule has 0 fully saturated rings. The van der Waals surface area contributed by atoms with E-state index in [0.717, 1.165) is 25.0 Å². The Morgan fingerprint density at radius 2 is 1.96 bits per heavy atom. The molecular weight excluding hydrogens is 363 g/mol. The molecule has 0 saturated carbocycles. The molecule has 2 rings (SSSR count). The SMILES string of the molecule is NCCCCn1ccc(NC(=O)Cc2cccc(OC(F)(F)F)c2)cc1=O. The van der Waals surface area contributed by atoms with E-state index in [0.29, 0.717) is 24.3 Å². The minimum Gasteiger partial charge on any atom is -0.406 e. The summed E-state index contributed by atoms with van der Waals surface area (Å²) in [7, 11) is 0. The molecular formula is C18H20F3N3O3. The number of hydrogen-bond acceptors (Lipinski definition) is 4. The Morgan fingerprint density at radius 1 is 1.19 bits per heavy atom. The summed E-state index contributed by atoms with van der Waals surface area (Å²) in [6.07, 6.45) is -1.80. The zero-order valence-electron chi connectivity index (χ0n) is 14.5. The molecule has 9 heteroatoms. The maximum Gasteiger partial charge on any atom is 0.573 e. The topological polar surface area (TPSA) is 86.3 Å². The Balaban J connectivity index is 1.96. The highest BCUT2D eigenvalue weighted by Crippen LogP contribution is 2.23. The van der Waals surface area contributed by atoms with Crippen molar-refractivity contribution >= 4 is 11.6 Å². The second kappa shape index (κ2) is 9.22. The number of alkyl halides is 3. The molecule has 1 heterocycles. The van der Waals surface area contributed by atoms with Gasteiger partial charge in [0.05, 0.1) is 6.42 Å². The van der Waals surface area contributed by atoms with Gasteiger partial charge in [-0.3, -0.25) is 9.59 Å². The number of carbonyl (C=O) groups excluding carboxylic acids is 1. The van der Waals surface area contributed by atoms with Crippen LogP contribution in [0.5, 0.6) is 5.75 Å². The summed E-state index contributed by atoms with van der Waals surface area (Å²) in [4.78, 5) is 24.1. The number of carbonyl (C=O) groups is 1. The van der Waals surface area contributed by atoms with Gasteiger partial charge in [0, 0.05) is 24.5 Å². The van der Waals surface area contributed by atoms with Crippen LogP contribution in [0.4, 0.5) is 18.9 Å². The van der Waals surface area contributed by atoms with E-state index in [1.54, 1.807) is 12.3 Å². The average molecular weight is 383 g/mol. The standard InChI is InChI=1S/C18H20F3N3O3/c19-18(20,21)27-15-5-3-4-13(10-15)11-16(25)23-14-6-9-24(17(26)12-14)8-2-1-7-22/h3-6,9-10,12H,1-2,7-8,11,22H2,(H,23,25). The number of pyridine rings is 1. The Hall–Kier alpha value is -2.81. The smallest absolute Gasteiger partial charge is 0.406 e. The van der Waals surface area contributed by atoms with E-state index in [9.17, 15) is 22.8 Å². The first kappa shape index (κ1) is 20.5. The summed E-state index contributed by atoms with van der Waals surface area (Å²) in [5, 5.41) is 2.56. The number of nitrogens with one attached hydrogen (secondary N) is 1. The highest BCUT2D eigenvalue weighted by atomic mass is 19.4. The summed E-state index contributed by atoms with van der Waals surface area (Å²) in [5.41, 5.74) is 5.83. The zero-order valence-corrected chi connectivity index (χ0v) is 14.5. The van der Waals surface area contributed by atoms with E-state index in [2.05, 4.69) is 10.1 Å². The number of anilines is 1. The summed E-state index contributed by atoms with van der Waals surface area (Å²) in [6.45, 7) is 1.09. The largest absolute Gasteiger partial charge is 0.573 e. The number of aromatic nitrogens is 1. The normalized spacial score (nSPS) is 11.3. The Kier molecular flexibility index (Phi) is 7.00. The van der Waals surface area contributed by atoms with Crippen molar-refractivity contribution in [2.45, 2.75) is 32.2 Å². The van der Waals surface area contributed by atoms with E-state index in [-0.39, 0.29) is 12.0 Å². The summed E-state index contributed by atoms with van der Waals surface area (Å²) in [5.74, 6) is -0.854. The number of unbranched alkanes of at least 4 members (excludes halogenated alkanes) is 1. The molecule has 6 nitrogen and oxygen atoms in total. The third kappa shape index (κ3) is 7.14. The van der Waals surface area contributed by atoms with Gasteiger partial charge in [-0.15, -0.1) is 13.2 Å². The van der Waals surface area contributed by atoms with Crippen molar-refractivity contribution in [3.05, 3.63) is 58.5 Å². The van der Waals surface area contributed by atoms with E-state index in [1.165, 1.54) is 22.8 Å². The number of amides is 1. The van der Waals surface area contributed by atoms with Gasteiger partial charge in [-0.2, -0.15) is 0 Å². The van der Waals surface area contributed by atoms with E-state index >= 15 is 0 Å². The predicted octanol–water partition coefficient (Wildman–Crippen LogP) is 2.67. The van der Waals surface area contributed by atoms with Crippen LogP contribution in [0.1, 0.15) is 18.4 Å². The highest BCUT2D eigenvalue weighted by molar-refractivity contribution is 5.92. The van der Waals surface area contributed by atoms with E-state index in [4.69, 9.17) is 5.73 Å². The van der Waals surface area contributed by atoms with Crippen LogP contribution >= 0.6 is 0 Å². The molecule has 1 aromatic heterocycles. The second-order valence-electron chi connectivity index (χ2n) is 5.86. The molecule has 0 atom stereocenters. The van der Waals surface area contributed by atoms with Crippen molar-refractivity contribution < 1.29 is 22.7 Å². The lowest BCUT2D eigenvalue weighted by molar-refractivity contribution is -0.274.